The van der Waals surface area contributed by atoms with Gasteiger partial charge in [0.25, 0.3) is 0 Å². The van der Waals surface area contributed by atoms with Crippen molar-refractivity contribution >= 4 is 34.2 Å². The Balaban J connectivity index is 1.67. The lowest BCUT2D eigenvalue weighted by molar-refractivity contribution is -0.146. The van der Waals surface area contributed by atoms with E-state index in [0.29, 0.717) is 11.0 Å². The van der Waals surface area contributed by atoms with Gasteiger partial charge in [0.2, 0.25) is 22.9 Å². The molecule has 8 heteroatoms. The second kappa shape index (κ2) is 7.19. The minimum absolute atomic E-state index is 0.199. The molecular weight excluding hydrogens is 340 g/mol. The summed E-state index contributed by atoms with van der Waals surface area (Å²) in [7, 11) is 0. The highest BCUT2D eigenvalue weighted by Gasteiger charge is 2.50. The van der Waals surface area contributed by atoms with Crippen molar-refractivity contribution in [2.75, 3.05) is 5.32 Å². The van der Waals surface area contributed by atoms with Gasteiger partial charge in [0, 0.05) is 6.42 Å². The molecule has 3 atom stereocenters. The first-order valence-corrected chi connectivity index (χ1v) is 9.70. The third-order valence-corrected chi connectivity index (χ3v) is 5.78. The van der Waals surface area contributed by atoms with Crippen LogP contribution < -0.4 is 5.32 Å². The van der Waals surface area contributed by atoms with Crippen molar-refractivity contribution in [3.05, 3.63) is 5.01 Å². The molecule has 1 aromatic heterocycles. The first-order valence-electron chi connectivity index (χ1n) is 8.88. The number of fused-ring (bicyclic) bond motifs is 1. The van der Waals surface area contributed by atoms with Crippen LogP contribution >= 0.6 is 11.3 Å². The predicted molar refractivity (Wildman–Crippen MR) is 93.8 cm³/mol. The highest BCUT2D eigenvalue weighted by molar-refractivity contribution is 7.15. The molecule has 7 nitrogen and oxygen atoms in total. The number of hydrogen-bond donors (Lipinski definition) is 1. The molecule has 1 N–H and O–H groups in total. The number of carbonyl (C=O) groups excluding carboxylic acids is 3. The van der Waals surface area contributed by atoms with Crippen LogP contribution in [-0.4, -0.2) is 38.9 Å². The third kappa shape index (κ3) is 3.58. The number of rotatable bonds is 5. The molecule has 0 bridgehead atoms. The van der Waals surface area contributed by atoms with E-state index < -0.39 is 11.9 Å². The number of anilines is 1. The second-order valence-electron chi connectivity index (χ2n) is 7.31. The molecule has 2 heterocycles. The molecule has 3 unspecified atom stereocenters. The van der Waals surface area contributed by atoms with Crippen LogP contribution in [-0.2, 0) is 20.8 Å². The van der Waals surface area contributed by atoms with Crippen molar-refractivity contribution in [2.45, 2.75) is 58.9 Å². The molecular formula is C17H24N4O3S. The van der Waals surface area contributed by atoms with Crippen molar-refractivity contribution in [3.8, 4) is 0 Å². The highest BCUT2D eigenvalue weighted by atomic mass is 32.1. The third-order valence-electron chi connectivity index (χ3n) is 4.92. The summed E-state index contributed by atoms with van der Waals surface area (Å²) >= 11 is 1.33. The van der Waals surface area contributed by atoms with Crippen LogP contribution in [0, 0.1) is 17.8 Å². The number of nitrogens with zero attached hydrogens (tertiary/aromatic N) is 3. The minimum Gasteiger partial charge on any atom is -0.299 e. The summed E-state index contributed by atoms with van der Waals surface area (Å²) in [5.74, 6) is -0.817. The van der Waals surface area contributed by atoms with Crippen LogP contribution in [0.2, 0.25) is 0 Å². The molecule has 0 spiro atoms. The average molecular weight is 364 g/mol. The van der Waals surface area contributed by atoms with Crippen molar-refractivity contribution in [3.63, 3.8) is 0 Å². The number of imide groups is 1. The Bertz CT molecular complexity index is 663. The Hall–Kier alpha value is -1.83. The van der Waals surface area contributed by atoms with Gasteiger partial charge in [0.1, 0.15) is 11.0 Å². The SMILES string of the molecule is CC(C)Cc1nnc(NC(=O)C(C)N2C(=O)C3CCCCC3C2=O)s1. The van der Waals surface area contributed by atoms with Crippen LogP contribution in [0.1, 0.15) is 51.5 Å². The Kier molecular flexibility index (Phi) is 5.17. The largest absolute Gasteiger partial charge is 0.299 e. The van der Waals surface area contributed by atoms with Gasteiger partial charge in [0.15, 0.2) is 0 Å². The molecule has 136 valence electrons. The van der Waals surface area contributed by atoms with Crippen LogP contribution in [0.5, 0.6) is 0 Å². The van der Waals surface area contributed by atoms with Crippen molar-refractivity contribution in [1.82, 2.24) is 15.1 Å². The molecule has 0 radical (unpaired) electrons. The number of amides is 3. The van der Waals surface area contributed by atoms with E-state index >= 15 is 0 Å². The summed E-state index contributed by atoms with van der Waals surface area (Å²) < 4.78 is 0. The molecule has 1 aliphatic heterocycles. The fourth-order valence-electron chi connectivity index (χ4n) is 3.63. The van der Waals surface area contributed by atoms with Gasteiger partial charge in [-0.25, -0.2) is 0 Å². The predicted octanol–water partition coefficient (Wildman–Crippen LogP) is 2.24. The van der Waals surface area contributed by atoms with Crippen molar-refractivity contribution in [2.24, 2.45) is 17.8 Å². The quantitative estimate of drug-likeness (QED) is 0.809. The van der Waals surface area contributed by atoms with Crippen molar-refractivity contribution in [1.29, 1.82) is 0 Å². The van der Waals surface area contributed by atoms with Crippen LogP contribution in [0.15, 0.2) is 0 Å². The van der Waals surface area contributed by atoms with Gasteiger partial charge in [-0.15, -0.1) is 10.2 Å². The zero-order valence-electron chi connectivity index (χ0n) is 14.8. The van der Waals surface area contributed by atoms with Crippen LogP contribution in [0.4, 0.5) is 5.13 Å². The van der Waals surface area contributed by atoms with E-state index in [2.05, 4.69) is 29.4 Å². The Morgan fingerprint density at radius 3 is 2.32 bits per heavy atom. The molecule has 1 aromatic rings. The van der Waals surface area contributed by atoms with Crippen LogP contribution in [0.25, 0.3) is 0 Å². The standard InChI is InChI=1S/C17H24N4O3S/c1-9(2)8-13-19-20-17(25-13)18-14(22)10(3)21-15(23)11-6-4-5-7-12(11)16(21)24/h9-12H,4-8H2,1-3H3,(H,18,20,22). The monoisotopic (exact) mass is 364 g/mol. The summed E-state index contributed by atoms with van der Waals surface area (Å²) in [6.07, 6.45) is 4.23. The Morgan fingerprint density at radius 1 is 1.16 bits per heavy atom. The summed E-state index contributed by atoms with van der Waals surface area (Å²) in [5, 5.41) is 12.0. The zero-order chi connectivity index (χ0) is 18.1. The number of carbonyl (C=O) groups is 3. The molecule has 1 saturated carbocycles. The maximum atomic E-state index is 12.6. The Labute approximate surface area is 151 Å². The van der Waals surface area contributed by atoms with E-state index in [4.69, 9.17) is 0 Å². The van der Waals surface area contributed by atoms with Gasteiger partial charge in [0.05, 0.1) is 11.8 Å². The molecule has 3 rings (SSSR count). The van der Waals surface area contributed by atoms with E-state index in [1.807, 2.05) is 0 Å². The van der Waals surface area contributed by atoms with E-state index in [9.17, 15) is 14.4 Å². The first kappa shape index (κ1) is 18.0. The molecule has 25 heavy (non-hydrogen) atoms. The van der Waals surface area contributed by atoms with E-state index in [1.54, 1.807) is 6.92 Å². The molecule has 0 aromatic carbocycles. The zero-order valence-corrected chi connectivity index (χ0v) is 15.6. The number of nitrogens with one attached hydrogen (secondary N) is 1. The molecule has 2 aliphatic rings. The maximum absolute atomic E-state index is 12.6. The summed E-state index contributed by atoms with van der Waals surface area (Å²) in [5.41, 5.74) is 0. The summed E-state index contributed by atoms with van der Waals surface area (Å²) in [4.78, 5) is 38.8. The first-order chi connectivity index (χ1) is 11.9. The second-order valence-corrected chi connectivity index (χ2v) is 8.37. The van der Waals surface area contributed by atoms with E-state index in [-0.39, 0.29) is 23.7 Å². The molecule has 1 aliphatic carbocycles. The smallest absolute Gasteiger partial charge is 0.249 e. The fraction of sp³-hybridized carbons (Fsp3) is 0.706. The fourth-order valence-corrected chi connectivity index (χ4v) is 4.59. The van der Waals surface area contributed by atoms with Gasteiger partial charge in [-0.05, 0) is 25.7 Å². The van der Waals surface area contributed by atoms with Gasteiger partial charge >= 0.3 is 0 Å². The highest BCUT2D eigenvalue weighted by Crippen LogP contribution is 2.38. The van der Waals surface area contributed by atoms with Gasteiger partial charge in [-0.1, -0.05) is 38.0 Å². The average Bonchev–Trinajstić information content (AvgIpc) is 3.10. The molecule has 3 amide bonds. The normalized spacial score (nSPS) is 24.6. The van der Waals surface area contributed by atoms with Gasteiger partial charge < -0.3 is 0 Å². The topological polar surface area (TPSA) is 92.3 Å². The van der Waals surface area contributed by atoms with Gasteiger partial charge in [-0.3, -0.25) is 24.6 Å². The van der Waals surface area contributed by atoms with Gasteiger partial charge in [-0.2, -0.15) is 0 Å². The van der Waals surface area contributed by atoms with E-state index in [0.717, 1.165) is 42.0 Å². The number of aromatic nitrogens is 2. The lowest BCUT2D eigenvalue weighted by atomic mass is 9.81. The molecule has 2 fully saturated rings. The maximum Gasteiger partial charge on any atom is 0.249 e. The number of hydrogen-bond acceptors (Lipinski definition) is 6. The summed E-state index contributed by atoms with van der Waals surface area (Å²) in [6, 6.07) is -0.831. The minimum atomic E-state index is -0.831. The van der Waals surface area contributed by atoms with E-state index in [1.165, 1.54) is 11.3 Å². The lowest BCUT2D eigenvalue weighted by Crippen LogP contribution is -2.46. The van der Waals surface area contributed by atoms with Crippen LogP contribution in [0.3, 0.4) is 0 Å². The Morgan fingerprint density at radius 2 is 1.76 bits per heavy atom. The number of likely N-dealkylation sites (tertiary alicyclic amines) is 1. The summed E-state index contributed by atoms with van der Waals surface area (Å²) in [6.45, 7) is 5.77. The lowest BCUT2D eigenvalue weighted by Gasteiger charge is -2.21. The van der Waals surface area contributed by atoms with Crippen molar-refractivity contribution < 1.29 is 14.4 Å². The molecule has 1 saturated heterocycles.